The second-order valence-corrected chi connectivity index (χ2v) is 5.90. The maximum atomic E-state index is 9.61. The van der Waals surface area contributed by atoms with Gasteiger partial charge in [-0.2, -0.15) is 11.8 Å². The van der Waals surface area contributed by atoms with Gasteiger partial charge in [-0.15, -0.1) is 0 Å². The summed E-state index contributed by atoms with van der Waals surface area (Å²) < 4.78 is 5.38. The summed E-state index contributed by atoms with van der Waals surface area (Å²) in [6.07, 6.45) is 4.11. The van der Waals surface area contributed by atoms with Crippen LogP contribution in [0.25, 0.3) is 0 Å². The standard InChI is InChI=1S/C12H25NO2S/c1-11(8-16-3)13(2)9-12(10-14)4-6-15-7-5-12/h11,14H,4-10H2,1-3H3. The van der Waals surface area contributed by atoms with Crippen molar-refractivity contribution >= 4 is 11.8 Å². The van der Waals surface area contributed by atoms with Crippen molar-refractivity contribution in [3.8, 4) is 0 Å². The van der Waals surface area contributed by atoms with Gasteiger partial charge in [-0.05, 0) is 33.1 Å². The predicted molar refractivity (Wildman–Crippen MR) is 70.0 cm³/mol. The molecule has 0 amide bonds. The van der Waals surface area contributed by atoms with Crippen molar-refractivity contribution in [2.75, 3.05) is 45.4 Å². The second kappa shape index (κ2) is 6.84. The van der Waals surface area contributed by atoms with Gasteiger partial charge in [0.05, 0.1) is 6.61 Å². The quantitative estimate of drug-likeness (QED) is 0.770. The molecule has 4 heteroatoms. The maximum absolute atomic E-state index is 9.61. The Kier molecular flexibility index (Phi) is 6.11. The molecule has 1 aliphatic heterocycles. The highest BCUT2D eigenvalue weighted by Crippen LogP contribution is 2.31. The highest BCUT2D eigenvalue weighted by molar-refractivity contribution is 7.98. The summed E-state index contributed by atoms with van der Waals surface area (Å²) in [4.78, 5) is 2.37. The molecule has 0 saturated carbocycles. The third kappa shape index (κ3) is 3.91. The molecular weight excluding hydrogens is 222 g/mol. The number of thioether (sulfide) groups is 1. The fourth-order valence-electron chi connectivity index (χ4n) is 2.22. The van der Waals surface area contributed by atoms with E-state index in [2.05, 4.69) is 25.1 Å². The summed E-state index contributed by atoms with van der Waals surface area (Å²) >= 11 is 1.88. The van der Waals surface area contributed by atoms with E-state index >= 15 is 0 Å². The zero-order chi connectivity index (χ0) is 12.0. The summed E-state index contributed by atoms with van der Waals surface area (Å²) in [5, 5.41) is 9.61. The number of aliphatic hydroxyl groups excluding tert-OH is 1. The van der Waals surface area contributed by atoms with Crippen LogP contribution in [-0.4, -0.2) is 61.5 Å². The molecule has 0 aromatic rings. The summed E-state index contributed by atoms with van der Waals surface area (Å²) in [5.74, 6) is 1.15. The summed E-state index contributed by atoms with van der Waals surface area (Å²) in [5.41, 5.74) is 0.0691. The molecule has 0 aliphatic carbocycles. The average molecular weight is 247 g/mol. The number of aliphatic hydroxyl groups is 1. The lowest BCUT2D eigenvalue weighted by molar-refractivity contribution is -0.0342. The molecule has 1 unspecified atom stereocenters. The Hall–Kier alpha value is 0.230. The molecule has 1 rings (SSSR count). The Labute approximate surface area is 104 Å². The van der Waals surface area contributed by atoms with Gasteiger partial charge >= 0.3 is 0 Å². The monoisotopic (exact) mass is 247 g/mol. The van der Waals surface area contributed by atoms with E-state index in [0.717, 1.165) is 38.4 Å². The van der Waals surface area contributed by atoms with E-state index in [1.807, 2.05) is 11.8 Å². The van der Waals surface area contributed by atoms with Crippen molar-refractivity contribution in [1.29, 1.82) is 0 Å². The van der Waals surface area contributed by atoms with Gasteiger partial charge in [0, 0.05) is 37.0 Å². The second-order valence-electron chi connectivity index (χ2n) is 4.99. The normalized spacial score (nSPS) is 22.3. The van der Waals surface area contributed by atoms with Gasteiger partial charge in [0.2, 0.25) is 0 Å². The van der Waals surface area contributed by atoms with E-state index in [9.17, 15) is 5.11 Å². The van der Waals surface area contributed by atoms with E-state index in [-0.39, 0.29) is 12.0 Å². The van der Waals surface area contributed by atoms with E-state index in [4.69, 9.17) is 4.74 Å². The molecule has 0 bridgehead atoms. The third-order valence-electron chi connectivity index (χ3n) is 3.63. The summed E-state index contributed by atoms with van der Waals surface area (Å²) in [6, 6.07) is 0.571. The molecule has 0 spiro atoms. The zero-order valence-electron chi connectivity index (χ0n) is 10.7. The minimum atomic E-state index is 0.0691. The van der Waals surface area contributed by atoms with E-state index < -0.39 is 0 Å². The third-order valence-corrected chi connectivity index (χ3v) is 4.45. The Morgan fingerprint density at radius 2 is 2.06 bits per heavy atom. The molecule has 0 aromatic heterocycles. The Morgan fingerprint density at radius 3 is 2.56 bits per heavy atom. The van der Waals surface area contributed by atoms with Crippen LogP contribution in [-0.2, 0) is 4.74 Å². The lowest BCUT2D eigenvalue weighted by Gasteiger charge is -2.40. The van der Waals surface area contributed by atoms with Gasteiger partial charge < -0.3 is 14.7 Å². The fourth-order valence-corrected chi connectivity index (χ4v) is 2.96. The largest absolute Gasteiger partial charge is 0.396 e. The van der Waals surface area contributed by atoms with Crippen LogP contribution in [0.3, 0.4) is 0 Å². The molecule has 0 aromatic carbocycles. The van der Waals surface area contributed by atoms with Crippen LogP contribution < -0.4 is 0 Å². The molecule has 16 heavy (non-hydrogen) atoms. The van der Waals surface area contributed by atoms with Crippen LogP contribution in [0, 0.1) is 5.41 Å². The van der Waals surface area contributed by atoms with Gasteiger partial charge in [-0.1, -0.05) is 0 Å². The van der Waals surface area contributed by atoms with Crippen LogP contribution in [0.5, 0.6) is 0 Å². The summed E-state index contributed by atoms with van der Waals surface area (Å²) in [6.45, 7) is 5.11. The first-order chi connectivity index (χ1) is 7.63. The SMILES string of the molecule is CSCC(C)N(C)CC1(CO)CCOCC1. The van der Waals surface area contributed by atoms with Crippen LogP contribution in [0.2, 0.25) is 0 Å². The Bertz CT molecular complexity index is 195. The lowest BCUT2D eigenvalue weighted by Crippen LogP contribution is -2.45. The van der Waals surface area contributed by atoms with Crippen molar-refractivity contribution in [1.82, 2.24) is 4.90 Å². The molecule has 1 N–H and O–H groups in total. The number of rotatable bonds is 6. The van der Waals surface area contributed by atoms with Crippen molar-refractivity contribution in [3.05, 3.63) is 0 Å². The van der Waals surface area contributed by atoms with Gasteiger partial charge in [-0.25, -0.2) is 0 Å². The highest BCUT2D eigenvalue weighted by Gasteiger charge is 2.33. The molecule has 1 aliphatic rings. The minimum absolute atomic E-state index is 0.0691. The van der Waals surface area contributed by atoms with Crippen molar-refractivity contribution < 1.29 is 9.84 Å². The number of ether oxygens (including phenoxy) is 1. The van der Waals surface area contributed by atoms with Gasteiger partial charge in [-0.3, -0.25) is 0 Å². The Balaban J connectivity index is 2.48. The first-order valence-electron chi connectivity index (χ1n) is 6.01. The molecule has 0 radical (unpaired) electrons. The zero-order valence-corrected chi connectivity index (χ0v) is 11.6. The van der Waals surface area contributed by atoms with Crippen LogP contribution in [0.4, 0.5) is 0 Å². The lowest BCUT2D eigenvalue weighted by atomic mass is 9.80. The molecule has 1 fully saturated rings. The molecule has 96 valence electrons. The maximum Gasteiger partial charge on any atom is 0.0501 e. The van der Waals surface area contributed by atoms with E-state index in [1.165, 1.54) is 0 Å². The smallest absolute Gasteiger partial charge is 0.0501 e. The van der Waals surface area contributed by atoms with Crippen LogP contribution in [0.1, 0.15) is 19.8 Å². The van der Waals surface area contributed by atoms with Crippen LogP contribution in [0.15, 0.2) is 0 Å². The van der Waals surface area contributed by atoms with Gasteiger partial charge in [0.15, 0.2) is 0 Å². The number of hydrogen-bond acceptors (Lipinski definition) is 4. The fraction of sp³-hybridized carbons (Fsp3) is 1.00. The molecule has 3 nitrogen and oxygen atoms in total. The topological polar surface area (TPSA) is 32.7 Å². The molecule has 1 atom stereocenters. The van der Waals surface area contributed by atoms with Gasteiger partial charge in [0.1, 0.15) is 0 Å². The highest BCUT2D eigenvalue weighted by atomic mass is 32.2. The number of hydrogen-bond donors (Lipinski definition) is 1. The summed E-state index contributed by atoms with van der Waals surface area (Å²) in [7, 11) is 2.16. The average Bonchev–Trinajstić information content (AvgIpc) is 2.30. The first-order valence-corrected chi connectivity index (χ1v) is 7.41. The van der Waals surface area contributed by atoms with Crippen molar-refractivity contribution in [2.45, 2.75) is 25.8 Å². The van der Waals surface area contributed by atoms with Crippen LogP contribution >= 0.6 is 11.8 Å². The Morgan fingerprint density at radius 1 is 1.44 bits per heavy atom. The van der Waals surface area contributed by atoms with Gasteiger partial charge in [0.25, 0.3) is 0 Å². The van der Waals surface area contributed by atoms with E-state index in [0.29, 0.717) is 6.04 Å². The molecule has 1 saturated heterocycles. The first kappa shape index (κ1) is 14.3. The van der Waals surface area contributed by atoms with E-state index in [1.54, 1.807) is 0 Å². The molecular formula is C12H25NO2S. The predicted octanol–water partition coefficient (Wildman–Crippen LogP) is 1.46. The number of nitrogens with zero attached hydrogens (tertiary/aromatic N) is 1. The van der Waals surface area contributed by atoms with Crippen molar-refractivity contribution in [2.24, 2.45) is 5.41 Å². The molecule has 1 heterocycles. The van der Waals surface area contributed by atoms with Crippen molar-refractivity contribution in [3.63, 3.8) is 0 Å². The minimum Gasteiger partial charge on any atom is -0.396 e.